The Kier molecular flexibility index (Phi) is 4.34. The molecular weight excluding hydrogens is 226 g/mol. The molecule has 0 aromatic heterocycles. The van der Waals surface area contributed by atoms with E-state index in [1.165, 1.54) is 0 Å². The Hall–Kier alpha value is -0.600. The zero-order valence-corrected chi connectivity index (χ0v) is 10.7. The lowest BCUT2D eigenvalue weighted by Crippen LogP contribution is -2.25. The van der Waals surface area contributed by atoms with Crippen LogP contribution in [-0.4, -0.2) is 32.6 Å². The minimum Gasteiger partial charge on any atom is -0.377 e. The maximum Gasteiger partial charge on any atom is 0.152 e. The van der Waals surface area contributed by atoms with Gasteiger partial charge in [-0.2, -0.15) is 5.26 Å². The Morgan fingerprint density at radius 3 is 2.69 bits per heavy atom. The third kappa shape index (κ3) is 4.50. The Bertz CT molecular complexity index is 361. The number of nitrogens with zero attached hydrogens (tertiary/aromatic N) is 1. The molecule has 1 unspecified atom stereocenters. The first-order chi connectivity index (χ1) is 7.35. The number of ether oxygens (including phenoxy) is 1. The van der Waals surface area contributed by atoms with Crippen molar-refractivity contribution in [1.82, 2.24) is 0 Å². The van der Waals surface area contributed by atoms with E-state index in [2.05, 4.69) is 6.07 Å². The Morgan fingerprint density at radius 1 is 1.50 bits per heavy atom. The topological polar surface area (TPSA) is 67.2 Å². The summed E-state index contributed by atoms with van der Waals surface area (Å²) in [6.07, 6.45) is 2.04. The van der Waals surface area contributed by atoms with E-state index >= 15 is 0 Å². The standard InChI is InChI=1S/C11H19NO3S/c1-11(2,9-12)5-7-16(13,14)8-10-4-3-6-15-10/h10H,3-8H2,1-2H3. The van der Waals surface area contributed by atoms with Crippen LogP contribution in [0.25, 0.3) is 0 Å². The van der Waals surface area contributed by atoms with Crippen molar-refractivity contribution >= 4 is 9.84 Å². The van der Waals surface area contributed by atoms with Gasteiger partial charge in [0, 0.05) is 6.61 Å². The molecule has 92 valence electrons. The van der Waals surface area contributed by atoms with Crippen LogP contribution in [0, 0.1) is 16.7 Å². The van der Waals surface area contributed by atoms with Crippen LogP contribution < -0.4 is 0 Å². The highest BCUT2D eigenvalue weighted by molar-refractivity contribution is 7.91. The molecule has 0 aromatic rings. The van der Waals surface area contributed by atoms with Gasteiger partial charge < -0.3 is 4.74 Å². The molecule has 1 aliphatic heterocycles. The fourth-order valence-corrected chi connectivity index (χ4v) is 3.43. The van der Waals surface area contributed by atoms with Crippen molar-refractivity contribution in [3.05, 3.63) is 0 Å². The third-order valence-electron chi connectivity index (χ3n) is 2.80. The van der Waals surface area contributed by atoms with Gasteiger partial charge in [-0.3, -0.25) is 0 Å². The average molecular weight is 245 g/mol. The zero-order valence-electron chi connectivity index (χ0n) is 9.90. The largest absolute Gasteiger partial charge is 0.377 e. The van der Waals surface area contributed by atoms with Gasteiger partial charge >= 0.3 is 0 Å². The summed E-state index contributed by atoms with van der Waals surface area (Å²) in [7, 11) is -3.08. The van der Waals surface area contributed by atoms with Crippen molar-refractivity contribution in [2.24, 2.45) is 5.41 Å². The van der Waals surface area contributed by atoms with E-state index in [4.69, 9.17) is 10.00 Å². The molecule has 0 amide bonds. The normalized spacial score (nSPS) is 21.9. The van der Waals surface area contributed by atoms with Crippen LogP contribution in [0.1, 0.15) is 33.1 Å². The molecule has 0 radical (unpaired) electrons. The van der Waals surface area contributed by atoms with Crippen LogP contribution >= 0.6 is 0 Å². The van der Waals surface area contributed by atoms with Crippen LogP contribution in [0.15, 0.2) is 0 Å². The molecule has 1 rings (SSSR count). The fourth-order valence-electron chi connectivity index (χ4n) is 1.61. The first-order valence-electron chi connectivity index (χ1n) is 5.58. The molecule has 16 heavy (non-hydrogen) atoms. The molecule has 0 bridgehead atoms. The van der Waals surface area contributed by atoms with Gasteiger partial charge in [-0.25, -0.2) is 8.42 Å². The molecule has 1 aliphatic rings. The van der Waals surface area contributed by atoms with E-state index in [9.17, 15) is 8.42 Å². The van der Waals surface area contributed by atoms with Gasteiger partial charge in [0.1, 0.15) is 0 Å². The number of nitriles is 1. The van der Waals surface area contributed by atoms with Crippen molar-refractivity contribution in [2.75, 3.05) is 18.1 Å². The van der Waals surface area contributed by atoms with Gasteiger partial charge in [0.15, 0.2) is 9.84 Å². The highest BCUT2D eigenvalue weighted by atomic mass is 32.2. The molecule has 0 N–H and O–H groups in total. The summed E-state index contributed by atoms with van der Waals surface area (Å²) in [6.45, 7) is 4.19. The molecule has 0 saturated carbocycles. The van der Waals surface area contributed by atoms with E-state index in [0.717, 1.165) is 12.8 Å². The molecule has 0 aromatic carbocycles. The summed E-state index contributed by atoms with van der Waals surface area (Å²) in [5.74, 6) is 0.182. The fraction of sp³-hybridized carbons (Fsp3) is 0.909. The summed E-state index contributed by atoms with van der Waals surface area (Å²) in [5.41, 5.74) is -0.566. The zero-order chi connectivity index (χ0) is 12.2. The van der Waals surface area contributed by atoms with Gasteiger partial charge in [-0.1, -0.05) is 0 Å². The van der Waals surface area contributed by atoms with Gasteiger partial charge in [-0.15, -0.1) is 0 Å². The summed E-state index contributed by atoms with van der Waals surface area (Å²) < 4.78 is 28.8. The first kappa shape index (κ1) is 13.5. The van der Waals surface area contributed by atoms with E-state index in [1.54, 1.807) is 13.8 Å². The monoisotopic (exact) mass is 245 g/mol. The Balaban J connectivity index is 2.43. The van der Waals surface area contributed by atoms with Crippen LogP contribution in [0.4, 0.5) is 0 Å². The second-order valence-corrected chi connectivity index (χ2v) is 7.22. The van der Waals surface area contributed by atoms with Crippen molar-refractivity contribution < 1.29 is 13.2 Å². The third-order valence-corrected chi connectivity index (χ3v) is 4.51. The lowest BCUT2D eigenvalue weighted by Gasteiger charge is -2.16. The second-order valence-electron chi connectivity index (χ2n) is 5.00. The average Bonchev–Trinajstić information content (AvgIpc) is 2.67. The predicted molar refractivity (Wildman–Crippen MR) is 61.6 cm³/mol. The highest BCUT2D eigenvalue weighted by Gasteiger charge is 2.26. The van der Waals surface area contributed by atoms with E-state index in [-0.39, 0.29) is 17.6 Å². The molecule has 5 heteroatoms. The molecule has 1 atom stereocenters. The van der Waals surface area contributed by atoms with Crippen LogP contribution in [0.2, 0.25) is 0 Å². The Labute approximate surface area is 97.5 Å². The molecule has 0 spiro atoms. The molecule has 1 heterocycles. The minimum absolute atomic E-state index is 0.0768. The molecule has 0 aliphatic carbocycles. The molecule has 1 fully saturated rings. The maximum atomic E-state index is 11.8. The van der Waals surface area contributed by atoms with E-state index in [1.807, 2.05) is 0 Å². The van der Waals surface area contributed by atoms with Gasteiger partial charge in [-0.05, 0) is 33.1 Å². The summed E-state index contributed by atoms with van der Waals surface area (Å²) in [6, 6.07) is 2.11. The number of sulfone groups is 1. The first-order valence-corrected chi connectivity index (χ1v) is 7.40. The van der Waals surface area contributed by atoms with Crippen molar-refractivity contribution in [3.63, 3.8) is 0 Å². The van der Waals surface area contributed by atoms with Crippen LogP contribution in [-0.2, 0) is 14.6 Å². The smallest absolute Gasteiger partial charge is 0.152 e. The summed E-state index contributed by atoms with van der Waals surface area (Å²) in [4.78, 5) is 0. The summed E-state index contributed by atoms with van der Waals surface area (Å²) in [5, 5.41) is 8.81. The number of rotatable bonds is 5. The highest BCUT2D eigenvalue weighted by Crippen LogP contribution is 2.21. The molecule has 4 nitrogen and oxygen atoms in total. The van der Waals surface area contributed by atoms with Crippen LogP contribution in [0.5, 0.6) is 0 Å². The quantitative estimate of drug-likeness (QED) is 0.736. The summed E-state index contributed by atoms with van der Waals surface area (Å²) >= 11 is 0. The van der Waals surface area contributed by atoms with Crippen molar-refractivity contribution in [2.45, 2.75) is 39.2 Å². The predicted octanol–water partition coefficient (Wildman–Crippen LogP) is 1.52. The maximum absolute atomic E-state index is 11.8. The van der Waals surface area contributed by atoms with Crippen molar-refractivity contribution in [1.29, 1.82) is 5.26 Å². The van der Waals surface area contributed by atoms with Gasteiger partial charge in [0.25, 0.3) is 0 Å². The number of hydrogen-bond donors (Lipinski definition) is 0. The lowest BCUT2D eigenvalue weighted by atomic mass is 9.93. The van der Waals surface area contributed by atoms with Crippen molar-refractivity contribution in [3.8, 4) is 6.07 Å². The van der Waals surface area contributed by atoms with E-state index in [0.29, 0.717) is 13.0 Å². The molecular formula is C11H19NO3S. The minimum atomic E-state index is -3.08. The van der Waals surface area contributed by atoms with Gasteiger partial charge in [0.05, 0.1) is 29.1 Å². The number of hydrogen-bond acceptors (Lipinski definition) is 4. The van der Waals surface area contributed by atoms with Gasteiger partial charge in [0.2, 0.25) is 0 Å². The van der Waals surface area contributed by atoms with Crippen LogP contribution in [0.3, 0.4) is 0 Å². The lowest BCUT2D eigenvalue weighted by molar-refractivity contribution is 0.127. The SMILES string of the molecule is CC(C)(C#N)CCS(=O)(=O)CC1CCCO1. The molecule has 1 saturated heterocycles. The second kappa shape index (κ2) is 5.15. The van der Waals surface area contributed by atoms with E-state index < -0.39 is 15.3 Å². The Morgan fingerprint density at radius 2 is 2.19 bits per heavy atom.